The molecule has 0 bridgehead atoms. The maximum absolute atomic E-state index is 11.4. The van der Waals surface area contributed by atoms with E-state index in [9.17, 15) is 9.59 Å². The quantitative estimate of drug-likeness (QED) is 0.0642. The van der Waals surface area contributed by atoms with Crippen LogP contribution in [0.4, 0.5) is 0 Å². The van der Waals surface area contributed by atoms with Gasteiger partial charge in [-0.2, -0.15) is 0 Å². The van der Waals surface area contributed by atoms with Crippen LogP contribution in [0.3, 0.4) is 0 Å². The van der Waals surface area contributed by atoms with Crippen molar-refractivity contribution >= 4 is 11.9 Å². The molecule has 0 aromatic rings. The molecule has 0 saturated carbocycles. The van der Waals surface area contributed by atoms with Gasteiger partial charge in [0.15, 0.2) is 0 Å². The summed E-state index contributed by atoms with van der Waals surface area (Å²) in [6.45, 7) is 4.54. The summed E-state index contributed by atoms with van der Waals surface area (Å²) in [6, 6.07) is 0. The number of carbonyl (C=O) groups excluding carboxylic acids is 1. The molecular formula is C38H75NO3. The first-order chi connectivity index (χ1) is 20.5. The lowest BCUT2D eigenvalue weighted by atomic mass is 10.0. The van der Waals surface area contributed by atoms with Gasteiger partial charge < -0.3 is 10.0 Å². The number of carboxylic acid groups (broad SMARTS) is 1. The summed E-state index contributed by atoms with van der Waals surface area (Å²) < 4.78 is 0. The molecule has 1 N–H and O–H groups in total. The maximum Gasteiger partial charge on any atom is 0.303 e. The third-order valence-corrected chi connectivity index (χ3v) is 8.15. The van der Waals surface area contributed by atoms with Crippen LogP contribution >= 0.6 is 0 Å². The van der Waals surface area contributed by atoms with Crippen LogP contribution in [0.25, 0.3) is 0 Å². The molecule has 0 aromatic carbocycles. The van der Waals surface area contributed by atoms with Gasteiger partial charge in [-0.1, -0.05) is 167 Å². The molecule has 0 heterocycles. The Morgan fingerprint density at radius 1 is 0.452 bits per heavy atom. The Morgan fingerprint density at radius 3 is 1.05 bits per heavy atom. The highest BCUT2D eigenvalue weighted by Crippen LogP contribution is 2.14. The zero-order valence-electron chi connectivity index (χ0n) is 29.1. The van der Waals surface area contributed by atoms with Gasteiger partial charge in [-0.3, -0.25) is 9.59 Å². The number of amides is 1. The van der Waals surface area contributed by atoms with Crippen LogP contribution in [0.5, 0.6) is 0 Å². The van der Waals surface area contributed by atoms with E-state index in [2.05, 4.69) is 26.0 Å². The number of unbranched alkanes of at least 4 members (excludes halogenated alkanes) is 25. The second-order valence-electron chi connectivity index (χ2n) is 12.7. The number of carboxylic acids is 1. The highest BCUT2D eigenvalue weighted by atomic mass is 16.4. The van der Waals surface area contributed by atoms with Crippen molar-refractivity contribution in [3.8, 4) is 0 Å². The summed E-state index contributed by atoms with van der Waals surface area (Å²) in [5.41, 5.74) is 0. The number of hydrogen-bond donors (Lipinski definition) is 1. The van der Waals surface area contributed by atoms with E-state index >= 15 is 0 Å². The Labute approximate surface area is 263 Å². The molecule has 1 amide bonds. The molecule has 42 heavy (non-hydrogen) atoms. The third kappa shape index (κ3) is 40.8. The minimum absolute atomic E-state index is 0.262. The maximum atomic E-state index is 11.4. The van der Waals surface area contributed by atoms with Crippen LogP contribution in [0.2, 0.25) is 0 Å². The first-order valence-corrected chi connectivity index (χ1v) is 18.5. The SMILES string of the molecule is CCCCCCCC/C=C\CCCCCCCC(=O)N(C)C.CCCCCCCCCCCCCCCCCC(=O)O. The Kier molecular flexibility index (Phi) is 38.4. The fourth-order valence-corrected chi connectivity index (χ4v) is 5.22. The topological polar surface area (TPSA) is 57.6 Å². The molecule has 0 aliphatic carbocycles. The molecule has 0 aliphatic rings. The van der Waals surface area contributed by atoms with Gasteiger partial charge in [-0.25, -0.2) is 0 Å². The summed E-state index contributed by atoms with van der Waals surface area (Å²) in [4.78, 5) is 23.4. The summed E-state index contributed by atoms with van der Waals surface area (Å²) in [6.07, 6.45) is 42.6. The normalized spacial score (nSPS) is 11.0. The van der Waals surface area contributed by atoms with E-state index in [1.807, 2.05) is 14.1 Å². The van der Waals surface area contributed by atoms with Gasteiger partial charge in [0.2, 0.25) is 5.91 Å². The molecule has 0 aliphatic heterocycles. The average Bonchev–Trinajstić information content (AvgIpc) is 2.97. The van der Waals surface area contributed by atoms with Crippen LogP contribution in [-0.2, 0) is 9.59 Å². The molecular weight excluding hydrogens is 518 g/mol. The van der Waals surface area contributed by atoms with Gasteiger partial charge in [-0.15, -0.1) is 0 Å². The van der Waals surface area contributed by atoms with Gasteiger partial charge in [0, 0.05) is 26.9 Å². The summed E-state index contributed by atoms with van der Waals surface area (Å²) >= 11 is 0. The summed E-state index contributed by atoms with van der Waals surface area (Å²) in [5.74, 6) is -0.391. The van der Waals surface area contributed by atoms with Crippen molar-refractivity contribution in [2.45, 2.75) is 206 Å². The Morgan fingerprint density at radius 2 is 0.738 bits per heavy atom. The zero-order valence-corrected chi connectivity index (χ0v) is 29.1. The van der Waals surface area contributed by atoms with Crippen molar-refractivity contribution < 1.29 is 14.7 Å². The first kappa shape index (κ1) is 42.8. The second-order valence-corrected chi connectivity index (χ2v) is 12.7. The van der Waals surface area contributed by atoms with Gasteiger partial charge in [0.1, 0.15) is 0 Å². The van der Waals surface area contributed by atoms with Crippen LogP contribution in [0.1, 0.15) is 206 Å². The number of allylic oxidation sites excluding steroid dienone is 2. The second kappa shape index (κ2) is 37.7. The van der Waals surface area contributed by atoms with Gasteiger partial charge in [0.05, 0.1) is 0 Å². The summed E-state index contributed by atoms with van der Waals surface area (Å²) in [7, 11) is 3.67. The van der Waals surface area contributed by atoms with Crippen molar-refractivity contribution in [1.82, 2.24) is 4.90 Å². The third-order valence-electron chi connectivity index (χ3n) is 8.15. The van der Waals surface area contributed by atoms with E-state index in [1.54, 1.807) is 4.90 Å². The molecule has 0 rings (SSSR count). The van der Waals surface area contributed by atoms with Crippen molar-refractivity contribution in [3.63, 3.8) is 0 Å². The van der Waals surface area contributed by atoms with Crippen LogP contribution < -0.4 is 0 Å². The van der Waals surface area contributed by atoms with Crippen LogP contribution in [0, 0.1) is 0 Å². The molecule has 0 radical (unpaired) electrons. The number of aliphatic carboxylic acids is 1. The number of rotatable bonds is 31. The highest BCUT2D eigenvalue weighted by Gasteiger charge is 2.02. The molecule has 0 spiro atoms. The van der Waals surface area contributed by atoms with Crippen LogP contribution in [-0.4, -0.2) is 36.0 Å². The molecule has 0 aromatic heterocycles. The largest absolute Gasteiger partial charge is 0.481 e. The van der Waals surface area contributed by atoms with E-state index in [4.69, 9.17) is 5.11 Å². The average molecular weight is 594 g/mol. The Hall–Kier alpha value is -1.32. The Balaban J connectivity index is 0. The Bertz CT molecular complexity index is 573. The van der Waals surface area contributed by atoms with Gasteiger partial charge in [-0.05, 0) is 38.5 Å². The van der Waals surface area contributed by atoms with E-state index in [-0.39, 0.29) is 5.91 Å². The molecule has 0 saturated heterocycles. The number of carbonyl (C=O) groups is 2. The molecule has 0 fully saturated rings. The van der Waals surface area contributed by atoms with Gasteiger partial charge in [0.25, 0.3) is 0 Å². The minimum atomic E-state index is -0.653. The smallest absolute Gasteiger partial charge is 0.303 e. The van der Waals surface area contributed by atoms with Crippen molar-refractivity contribution in [3.05, 3.63) is 12.2 Å². The lowest BCUT2D eigenvalue weighted by Gasteiger charge is -2.09. The lowest BCUT2D eigenvalue weighted by molar-refractivity contribution is -0.137. The molecule has 4 nitrogen and oxygen atoms in total. The first-order valence-electron chi connectivity index (χ1n) is 18.5. The molecule has 250 valence electrons. The molecule has 0 atom stereocenters. The monoisotopic (exact) mass is 594 g/mol. The van der Waals surface area contributed by atoms with E-state index in [1.165, 1.54) is 161 Å². The standard InChI is InChI=1S/C20H39NO.C18H36O2/c1-4-5-6-7-8-9-10-11-12-13-14-15-16-17-18-19-20(22)21(2)3;1-2-3-4-5-6-7-8-9-10-11-12-13-14-15-16-17-18(19)20/h11-12H,4-10,13-19H2,1-3H3;2-17H2,1H3,(H,19,20)/b12-11-;. The zero-order chi connectivity index (χ0) is 31.4. The fraction of sp³-hybridized carbons (Fsp3) is 0.895. The fourth-order valence-electron chi connectivity index (χ4n) is 5.22. The highest BCUT2D eigenvalue weighted by molar-refractivity contribution is 5.75. The van der Waals surface area contributed by atoms with E-state index < -0.39 is 5.97 Å². The van der Waals surface area contributed by atoms with Gasteiger partial charge >= 0.3 is 5.97 Å². The van der Waals surface area contributed by atoms with Crippen molar-refractivity contribution in [2.75, 3.05) is 14.1 Å². The number of hydrogen-bond acceptors (Lipinski definition) is 2. The van der Waals surface area contributed by atoms with E-state index in [0.717, 1.165) is 19.3 Å². The van der Waals surface area contributed by atoms with Crippen LogP contribution in [0.15, 0.2) is 12.2 Å². The summed E-state index contributed by atoms with van der Waals surface area (Å²) in [5, 5.41) is 8.52. The van der Waals surface area contributed by atoms with E-state index in [0.29, 0.717) is 12.8 Å². The predicted molar refractivity (Wildman–Crippen MR) is 185 cm³/mol. The van der Waals surface area contributed by atoms with Crippen molar-refractivity contribution in [2.24, 2.45) is 0 Å². The minimum Gasteiger partial charge on any atom is -0.481 e. The predicted octanol–water partition coefficient (Wildman–Crippen LogP) is 12.4. The molecule has 4 heteroatoms. The van der Waals surface area contributed by atoms with Crippen molar-refractivity contribution in [1.29, 1.82) is 0 Å². The lowest BCUT2D eigenvalue weighted by Crippen LogP contribution is -2.20. The number of nitrogens with zero attached hydrogens (tertiary/aromatic N) is 1. The molecule has 0 unspecified atom stereocenters.